The predicted molar refractivity (Wildman–Crippen MR) is 56.9 cm³/mol. The average Bonchev–Trinajstić information content (AvgIpc) is 2.14. The zero-order chi connectivity index (χ0) is 11.1. The van der Waals surface area contributed by atoms with E-state index in [1.54, 1.807) is 7.11 Å². The molecule has 0 bridgehead atoms. The van der Waals surface area contributed by atoms with Crippen molar-refractivity contribution in [3.8, 4) is 0 Å². The third-order valence-corrected chi connectivity index (χ3v) is 2.36. The molecule has 3 N–H and O–H groups in total. The first kappa shape index (κ1) is 13.4. The van der Waals surface area contributed by atoms with E-state index in [0.29, 0.717) is 13.1 Å². The number of ether oxygens (including phenoxy) is 1. The molecule has 0 rings (SSSR count). The van der Waals surface area contributed by atoms with E-state index in [-0.39, 0.29) is 23.8 Å². The van der Waals surface area contributed by atoms with Gasteiger partial charge in [-0.3, -0.25) is 4.79 Å². The number of amides is 1. The molecule has 84 valence electrons. The molecule has 1 amide bonds. The zero-order valence-electron chi connectivity index (χ0n) is 9.54. The number of nitrogens with two attached hydrogens (primary N) is 1. The van der Waals surface area contributed by atoms with Crippen molar-refractivity contribution in [3.05, 3.63) is 0 Å². The summed E-state index contributed by atoms with van der Waals surface area (Å²) in [5, 5.41) is 2.82. The SMILES string of the molecule is COC(C)CNC(=O)C(CN)C(C)C. The van der Waals surface area contributed by atoms with Gasteiger partial charge in [-0.05, 0) is 12.8 Å². The predicted octanol–water partition coefficient (Wildman–Crippen LogP) is 0.368. The van der Waals surface area contributed by atoms with Gasteiger partial charge in [0.2, 0.25) is 5.91 Å². The van der Waals surface area contributed by atoms with Crippen LogP contribution in [0.3, 0.4) is 0 Å². The van der Waals surface area contributed by atoms with E-state index in [1.807, 2.05) is 20.8 Å². The molecule has 0 spiro atoms. The van der Waals surface area contributed by atoms with Crippen molar-refractivity contribution in [2.24, 2.45) is 17.6 Å². The van der Waals surface area contributed by atoms with Crippen LogP contribution in [0.25, 0.3) is 0 Å². The standard InChI is InChI=1S/C10H22N2O2/c1-7(2)9(5-11)10(13)12-6-8(3)14-4/h7-9H,5-6,11H2,1-4H3,(H,12,13). The Morgan fingerprint density at radius 1 is 1.43 bits per heavy atom. The molecule has 0 fully saturated rings. The van der Waals surface area contributed by atoms with Crippen LogP contribution in [0, 0.1) is 11.8 Å². The monoisotopic (exact) mass is 202 g/mol. The molecule has 0 aliphatic heterocycles. The van der Waals surface area contributed by atoms with Gasteiger partial charge in [-0.25, -0.2) is 0 Å². The second-order valence-electron chi connectivity index (χ2n) is 3.88. The molecule has 14 heavy (non-hydrogen) atoms. The molecule has 0 radical (unpaired) electrons. The summed E-state index contributed by atoms with van der Waals surface area (Å²) < 4.78 is 5.03. The van der Waals surface area contributed by atoms with Crippen molar-refractivity contribution < 1.29 is 9.53 Å². The number of carbonyl (C=O) groups excluding carboxylic acids is 1. The second-order valence-corrected chi connectivity index (χ2v) is 3.88. The Bertz CT molecular complexity index is 172. The lowest BCUT2D eigenvalue weighted by atomic mass is 9.95. The normalized spacial score (nSPS) is 15.3. The molecule has 0 aromatic rings. The lowest BCUT2D eigenvalue weighted by Gasteiger charge is -2.19. The lowest BCUT2D eigenvalue weighted by Crippen LogP contribution is -2.40. The molecule has 4 heteroatoms. The van der Waals surface area contributed by atoms with Gasteiger partial charge in [0.25, 0.3) is 0 Å². The largest absolute Gasteiger partial charge is 0.380 e. The average molecular weight is 202 g/mol. The molecule has 2 unspecified atom stereocenters. The fourth-order valence-corrected chi connectivity index (χ4v) is 1.14. The molecule has 4 nitrogen and oxygen atoms in total. The van der Waals surface area contributed by atoms with Crippen molar-refractivity contribution >= 4 is 5.91 Å². The maximum Gasteiger partial charge on any atom is 0.224 e. The van der Waals surface area contributed by atoms with E-state index in [1.165, 1.54) is 0 Å². The summed E-state index contributed by atoms with van der Waals surface area (Å²) in [6.07, 6.45) is 0.0459. The first-order valence-electron chi connectivity index (χ1n) is 5.03. The number of hydrogen-bond donors (Lipinski definition) is 2. The van der Waals surface area contributed by atoms with Gasteiger partial charge in [0, 0.05) is 20.2 Å². The van der Waals surface area contributed by atoms with E-state index >= 15 is 0 Å². The van der Waals surface area contributed by atoms with Crippen LogP contribution in [-0.4, -0.2) is 32.2 Å². The van der Waals surface area contributed by atoms with E-state index in [4.69, 9.17) is 10.5 Å². The molecule has 0 aromatic carbocycles. The number of carbonyl (C=O) groups is 1. The minimum Gasteiger partial charge on any atom is -0.380 e. The van der Waals surface area contributed by atoms with Crippen molar-refractivity contribution in [2.75, 3.05) is 20.2 Å². The van der Waals surface area contributed by atoms with Gasteiger partial charge in [0.05, 0.1) is 12.0 Å². The Morgan fingerprint density at radius 2 is 2.00 bits per heavy atom. The summed E-state index contributed by atoms with van der Waals surface area (Å²) in [7, 11) is 1.62. The minimum atomic E-state index is -0.0981. The summed E-state index contributed by atoms with van der Waals surface area (Å²) in [5.74, 6) is 0.198. The number of rotatable bonds is 6. The van der Waals surface area contributed by atoms with Crippen LogP contribution in [0.2, 0.25) is 0 Å². The third kappa shape index (κ3) is 4.58. The topological polar surface area (TPSA) is 64.3 Å². The summed E-state index contributed by atoms with van der Waals surface area (Å²) in [6.45, 7) is 6.84. The molecule has 2 atom stereocenters. The fraction of sp³-hybridized carbons (Fsp3) is 0.900. The highest BCUT2D eigenvalue weighted by molar-refractivity contribution is 5.79. The van der Waals surface area contributed by atoms with Crippen LogP contribution >= 0.6 is 0 Å². The van der Waals surface area contributed by atoms with Crippen LogP contribution in [0.5, 0.6) is 0 Å². The highest BCUT2D eigenvalue weighted by Gasteiger charge is 2.20. The zero-order valence-corrected chi connectivity index (χ0v) is 9.54. The Balaban J connectivity index is 3.93. The van der Waals surface area contributed by atoms with E-state index in [0.717, 1.165) is 0 Å². The summed E-state index contributed by atoms with van der Waals surface area (Å²) in [4.78, 5) is 11.6. The highest BCUT2D eigenvalue weighted by Crippen LogP contribution is 2.08. The Labute approximate surface area is 86.2 Å². The van der Waals surface area contributed by atoms with Crippen LogP contribution in [0.4, 0.5) is 0 Å². The van der Waals surface area contributed by atoms with Crippen molar-refractivity contribution in [3.63, 3.8) is 0 Å². The van der Waals surface area contributed by atoms with Crippen LogP contribution in [0.15, 0.2) is 0 Å². The number of nitrogens with one attached hydrogen (secondary N) is 1. The first-order chi connectivity index (χ1) is 6.52. The van der Waals surface area contributed by atoms with E-state index in [2.05, 4.69) is 5.32 Å². The third-order valence-electron chi connectivity index (χ3n) is 2.36. The van der Waals surface area contributed by atoms with Gasteiger partial charge in [0.15, 0.2) is 0 Å². The quantitative estimate of drug-likeness (QED) is 0.654. The van der Waals surface area contributed by atoms with E-state index < -0.39 is 0 Å². The molecular formula is C10H22N2O2. The summed E-state index contributed by atoms with van der Waals surface area (Å²) >= 11 is 0. The van der Waals surface area contributed by atoms with Crippen LogP contribution in [-0.2, 0) is 9.53 Å². The molecule has 0 heterocycles. The van der Waals surface area contributed by atoms with Gasteiger partial charge in [-0.2, -0.15) is 0 Å². The van der Waals surface area contributed by atoms with Crippen LogP contribution < -0.4 is 11.1 Å². The van der Waals surface area contributed by atoms with Gasteiger partial charge in [-0.1, -0.05) is 13.8 Å². The first-order valence-corrected chi connectivity index (χ1v) is 5.03. The van der Waals surface area contributed by atoms with Crippen molar-refractivity contribution in [2.45, 2.75) is 26.9 Å². The van der Waals surface area contributed by atoms with E-state index in [9.17, 15) is 4.79 Å². The maximum absolute atomic E-state index is 11.6. The highest BCUT2D eigenvalue weighted by atomic mass is 16.5. The van der Waals surface area contributed by atoms with Gasteiger partial charge < -0.3 is 15.8 Å². The van der Waals surface area contributed by atoms with Gasteiger partial charge >= 0.3 is 0 Å². The second kappa shape index (κ2) is 6.79. The van der Waals surface area contributed by atoms with Crippen molar-refractivity contribution in [1.29, 1.82) is 0 Å². The molecule has 0 saturated heterocycles. The number of hydrogen-bond acceptors (Lipinski definition) is 3. The minimum absolute atomic E-state index is 0.0198. The smallest absolute Gasteiger partial charge is 0.224 e. The Hall–Kier alpha value is -0.610. The Morgan fingerprint density at radius 3 is 2.36 bits per heavy atom. The molecule has 0 aliphatic carbocycles. The molecular weight excluding hydrogens is 180 g/mol. The summed E-state index contributed by atoms with van der Waals surface area (Å²) in [6, 6.07) is 0. The molecule has 0 aromatic heterocycles. The Kier molecular flexibility index (Phi) is 6.49. The molecule has 0 aliphatic rings. The number of methoxy groups -OCH3 is 1. The molecule has 0 saturated carbocycles. The van der Waals surface area contributed by atoms with Crippen molar-refractivity contribution in [1.82, 2.24) is 5.32 Å². The fourth-order valence-electron chi connectivity index (χ4n) is 1.14. The van der Waals surface area contributed by atoms with Crippen LogP contribution in [0.1, 0.15) is 20.8 Å². The lowest BCUT2D eigenvalue weighted by molar-refractivity contribution is -0.126. The maximum atomic E-state index is 11.6. The van der Waals surface area contributed by atoms with Gasteiger partial charge in [-0.15, -0.1) is 0 Å². The summed E-state index contributed by atoms with van der Waals surface area (Å²) in [5.41, 5.74) is 5.52. The van der Waals surface area contributed by atoms with Gasteiger partial charge in [0.1, 0.15) is 0 Å².